The van der Waals surface area contributed by atoms with Crippen molar-refractivity contribution in [2.45, 2.75) is 211 Å². The van der Waals surface area contributed by atoms with Crippen LogP contribution >= 0.6 is 0 Å². The van der Waals surface area contributed by atoms with Gasteiger partial charge in [0.1, 0.15) is 24.4 Å². The zero-order valence-corrected chi connectivity index (χ0v) is 39.3. The smallest absolute Gasteiger partial charge is 0.220 e. The Bertz CT molecular complexity index is 1340. The molecule has 63 heavy (non-hydrogen) atoms. The summed E-state index contributed by atoms with van der Waals surface area (Å²) in [7, 11) is 0. The molecule has 0 aromatic rings. The van der Waals surface area contributed by atoms with Crippen LogP contribution in [0.15, 0.2) is 109 Å². The Morgan fingerprint density at radius 1 is 0.556 bits per heavy atom. The van der Waals surface area contributed by atoms with Crippen LogP contribution in [0.4, 0.5) is 0 Å². The number of allylic oxidation sites excluding steroid dienone is 17. The SMILES string of the molecule is CC/C=C\C/C=C\C/C=C\C/C=C\C/C=C\C/C=C\C/C=C\CCCCCCCCCCCC(=O)NC(COC1OC(CO)C(O)C(O)C1O)C(O)/C=C/CC/C=C/CCCCC. The van der Waals surface area contributed by atoms with E-state index in [2.05, 4.69) is 116 Å². The number of aliphatic hydroxyl groups excluding tert-OH is 5. The number of carbonyl (C=O) groups excluding carboxylic acids is 1. The molecular weight excluding hydrogens is 791 g/mol. The highest BCUT2D eigenvalue weighted by Crippen LogP contribution is 2.22. The van der Waals surface area contributed by atoms with E-state index < -0.39 is 49.5 Å². The molecule has 0 bridgehead atoms. The van der Waals surface area contributed by atoms with Gasteiger partial charge < -0.3 is 40.3 Å². The molecule has 1 saturated heterocycles. The van der Waals surface area contributed by atoms with Crippen molar-refractivity contribution in [3.8, 4) is 0 Å². The number of hydrogen-bond acceptors (Lipinski definition) is 8. The third-order valence-electron chi connectivity index (χ3n) is 10.8. The molecule has 0 aromatic carbocycles. The van der Waals surface area contributed by atoms with E-state index in [4.69, 9.17) is 9.47 Å². The van der Waals surface area contributed by atoms with E-state index in [9.17, 15) is 30.3 Å². The van der Waals surface area contributed by atoms with Crippen LogP contribution in [0.2, 0.25) is 0 Å². The molecule has 1 aliphatic rings. The normalized spacial score (nSPS) is 21.2. The summed E-state index contributed by atoms with van der Waals surface area (Å²) in [6.07, 6.45) is 55.9. The Balaban J connectivity index is 2.20. The van der Waals surface area contributed by atoms with Crippen LogP contribution in [0.1, 0.15) is 168 Å². The lowest BCUT2D eigenvalue weighted by atomic mass is 9.99. The summed E-state index contributed by atoms with van der Waals surface area (Å²) in [4.78, 5) is 12.9. The van der Waals surface area contributed by atoms with E-state index >= 15 is 0 Å². The van der Waals surface area contributed by atoms with E-state index in [-0.39, 0.29) is 12.5 Å². The van der Waals surface area contributed by atoms with Crippen molar-refractivity contribution in [2.75, 3.05) is 13.2 Å². The van der Waals surface area contributed by atoms with Crippen molar-refractivity contribution < 1.29 is 39.8 Å². The second-order valence-corrected chi connectivity index (χ2v) is 16.5. The largest absolute Gasteiger partial charge is 0.394 e. The number of carbonyl (C=O) groups is 1. The van der Waals surface area contributed by atoms with Crippen molar-refractivity contribution in [1.29, 1.82) is 0 Å². The summed E-state index contributed by atoms with van der Waals surface area (Å²) in [6.45, 7) is 3.56. The second kappa shape index (κ2) is 42.8. The average molecular weight is 880 g/mol. The fourth-order valence-corrected chi connectivity index (χ4v) is 6.91. The van der Waals surface area contributed by atoms with Crippen LogP contribution < -0.4 is 5.32 Å². The molecule has 9 nitrogen and oxygen atoms in total. The van der Waals surface area contributed by atoms with E-state index in [1.165, 1.54) is 51.4 Å². The van der Waals surface area contributed by atoms with Crippen LogP contribution in [0.5, 0.6) is 0 Å². The minimum Gasteiger partial charge on any atom is -0.394 e. The average Bonchev–Trinajstić information content (AvgIpc) is 3.28. The Kier molecular flexibility index (Phi) is 39.3. The first kappa shape index (κ1) is 57.9. The van der Waals surface area contributed by atoms with Gasteiger partial charge in [0.2, 0.25) is 5.91 Å². The number of aliphatic hydroxyl groups is 5. The molecule has 0 aliphatic carbocycles. The number of nitrogens with one attached hydrogen (secondary N) is 1. The van der Waals surface area contributed by atoms with Gasteiger partial charge in [-0.05, 0) is 89.9 Å². The third kappa shape index (κ3) is 33.1. The Hall–Kier alpha value is -3.15. The van der Waals surface area contributed by atoms with Crippen molar-refractivity contribution >= 4 is 5.91 Å². The van der Waals surface area contributed by atoms with Gasteiger partial charge in [-0.1, -0.05) is 181 Å². The first-order chi connectivity index (χ1) is 30.8. The molecule has 7 atom stereocenters. The first-order valence-corrected chi connectivity index (χ1v) is 24.6. The van der Waals surface area contributed by atoms with Crippen molar-refractivity contribution in [3.05, 3.63) is 109 Å². The lowest BCUT2D eigenvalue weighted by Gasteiger charge is -2.40. The van der Waals surface area contributed by atoms with Crippen molar-refractivity contribution in [1.82, 2.24) is 5.32 Å². The number of unbranched alkanes of at least 4 members (excludes halogenated alkanes) is 13. The highest BCUT2D eigenvalue weighted by Gasteiger charge is 2.44. The minimum atomic E-state index is -1.58. The Labute approximate surface area is 383 Å². The topological polar surface area (TPSA) is 149 Å². The Morgan fingerprint density at radius 2 is 1.00 bits per heavy atom. The maximum Gasteiger partial charge on any atom is 0.220 e. The van der Waals surface area contributed by atoms with E-state index in [1.54, 1.807) is 6.08 Å². The maximum absolute atomic E-state index is 12.9. The summed E-state index contributed by atoms with van der Waals surface area (Å²) in [5, 5.41) is 54.0. The van der Waals surface area contributed by atoms with Gasteiger partial charge in [-0.25, -0.2) is 0 Å². The van der Waals surface area contributed by atoms with E-state index in [0.717, 1.165) is 96.3 Å². The summed E-state index contributed by atoms with van der Waals surface area (Å²) >= 11 is 0. The van der Waals surface area contributed by atoms with Gasteiger partial charge in [0, 0.05) is 6.42 Å². The van der Waals surface area contributed by atoms with Gasteiger partial charge in [-0.3, -0.25) is 4.79 Å². The fourth-order valence-electron chi connectivity index (χ4n) is 6.91. The predicted molar refractivity (Wildman–Crippen MR) is 262 cm³/mol. The molecule has 9 heteroatoms. The van der Waals surface area contributed by atoms with Crippen LogP contribution in [0.3, 0.4) is 0 Å². The molecule has 0 spiro atoms. The third-order valence-corrected chi connectivity index (χ3v) is 10.8. The standard InChI is InChI=1S/C54H89NO8/c1-3-5-7-9-11-13-14-15-16-17-18-19-20-21-22-23-24-25-26-27-28-29-30-31-32-33-34-36-38-40-42-44-50(58)55-47(48(57)43-41-39-37-35-12-10-8-6-4-2)46-62-54-53(61)52(60)51(59)49(45-56)63-54/h5,7,11-13,15-16,18-19,21-22,24-25,27-28,35,41,43,47-49,51-54,56-57,59-61H,3-4,6,8-10,14,17,20,23,26,29-34,36-40,42,44-46H2,1-2H3,(H,55,58)/b7-5-,13-11-,16-15-,19-18-,22-21-,25-24-,28-27-,35-12+,43-41+. The lowest BCUT2D eigenvalue weighted by Crippen LogP contribution is -2.60. The maximum atomic E-state index is 12.9. The van der Waals surface area contributed by atoms with Crippen molar-refractivity contribution in [2.24, 2.45) is 0 Å². The van der Waals surface area contributed by atoms with Crippen LogP contribution in [-0.2, 0) is 14.3 Å². The van der Waals surface area contributed by atoms with Gasteiger partial charge in [-0.2, -0.15) is 0 Å². The highest BCUT2D eigenvalue weighted by atomic mass is 16.7. The van der Waals surface area contributed by atoms with Gasteiger partial charge in [-0.15, -0.1) is 0 Å². The Morgan fingerprint density at radius 3 is 1.52 bits per heavy atom. The monoisotopic (exact) mass is 880 g/mol. The predicted octanol–water partition coefficient (Wildman–Crippen LogP) is 11.1. The molecule has 6 N–H and O–H groups in total. The van der Waals surface area contributed by atoms with Gasteiger partial charge in [0.25, 0.3) is 0 Å². The number of ether oxygens (including phenoxy) is 2. The van der Waals surface area contributed by atoms with Crippen LogP contribution in [0, 0.1) is 0 Å². The van der Waals surface area contributed by atoms with Gasteiger partial charge in [0.05, 0.1) is 25.4 Å². The number of hydrogen-bond donors (Lipinski definition) is 6. The minimum absolute atomic E-state index is 0.203. The van der Waals surface area contributed by atoms with Gasteiger partial charge >= 0.3 is 0 Å². The summed E-state index contributed by atoms with van der Waals surface area (Å²) in [6, 6.07) is -0.830. The molecule has 0 aromatic heterocycles. The molecule has 0 saturated carbocycles. The molecule has 358 valence electrons. The molecule has 1 rings (SSSR count). The molecule has 1 aliphatic heterocycles. The molecule has 0 radical (unpaired) electrons. The summed E-state index contributed by atoms with van der Waals surface area (Å²) < 4.78 is 11.2. The number of rotatable bonds is 39. The van der Waals surface area contributed by atoms with Crippen LogP contribution in [-0.4, -0.2) is 87.5 Å². The quantitative estimate of drug-likeness (QED) is 0.0264. The molecule has 1 fully saturated rings. The fraction of sp³-hybridized carbons (Fsp3) is 0.648. The zero-order chi connectivity index (χ0) is 45.9. The van der Waals surface area contributed by atoms with Crippen molar-refractivity contribution in [3.63, 3.8) is 0 Å². The summed E-state index contributed by atoms with van der Waals surface area (Å²) in [5.41, 5.74) is 0. The van der Waals surface area contributed by atoms with Gasteiger partial charge in [0.15, 0.2) is 6.29 Å². The van der Waals surface area contributed by atoms with E-state index in [1.807, 2.05) is 6.08 Å². The molecular formula is C54H89NO8. The molecule has 1 heterocycles. The highest BCUT2D eigenvalue weighted by molar-refractivity contribution is 5.76. The van der Waals surface area contributed by atoms with E-state index in [0.29, 0.717) is 6.42 Å². The molecule has 7 unspecified atom stereocenters. The molecule has 1 amide bonds. The second-order valence-electron chi connectivity index (χ2n) is 16.5. The summed E-state index contributed by atoms with van der Waals surface area (Å²) in [5.74, 6) is -0.203. The number of amides is 1. The lowest BCUT2D eigenvalue weighted by molar-refractivity contribution is -0.302. The zero-order valence-electron chi connectivity index (χ0n) is 39.3. The van der Waals surface area contributed by atoms with Crippen LogP contribution in [0.25, 0.3) is 0 Å². The first-order valence-electron chi connectivity index (χ1n) is 24.6.